The average Bonchev–Trinajstić information content (AvgIpc) is 2.23. The summed E-state index contributed by atoms with van der Waals surface area (Å²) < 4.78 is 0. The van der Waals surface area contributed by atoms with Crippen LogP contribution in [-0.2, 0) is 4.79 Å². The van der Waals surface area contributed by atoms with Crippen LogP contribution in [0.15, 0.2) is 24.3 Å². The molecule has 1 N–H and O–H groups in total. The van der Waals surface area contributed by atoms with Gasteiger partial charge in [0.25, 0.3) is 5.69 Å². The molecule has 0 spiro atoms. The predicted molar refractivity (Wildman–Crippen MR) is 65.6 cm³/mol. The summed E-state index contributed by atoms with van der Waals surface area (Å²) in [4.78, 5) is 20.8. The summed E-state index contributed by atoms with van der Waals surface area (Å²) in [6.45, 7) is 3.60. The zero-order valence-corrected chi connectivity index (χ0v) is 9.77. The van der Waals surface area contributed by atoms with Gasteiger partial charge in [0.05, 0.1) is 4.92 Å². The van der Waals surface area contributed by atoms with Gasteiger partial charge in [0.1, 0.15) is 0 Å². The molecule has 1 aromatic rings. The van der Waals surface area contributed by atoms with Gasteiger partial charge in [0.2, 0.25) is 5.91 Å². The van der Waals surface area contributed by atoms with E-state index in [2.05, 4.69) is 5.32 Å². The maximum Gasteiger partial charge on any atom is 0.272 e. The molecule has 5 heteroatoms. The predicted octanol–water partition coefficient (Wildman–Crippen LogP) is 2.05. The Hall–Kier alpha value is -2.17. The number of nitro groups is 1. The van der Waals surface area contributed by atoms with E-state index in [1.54, 1.807) is 25.1 Å². The molecule has 90 valence electrons. The van der Waals surface area contributed by atoms with Crippen LogP contribution >= 0.6 is 0 Å². The lowest BCUT2D eigenvalue weighted by Gasteiger charge is -1.99. The van der Waals surface area contributed by atoms with Crippen molar-refractivity contribution in [1.82, 2.24) is 5.32 Å². The van der Waals surface area contributed by atoms with Gasteiger partial charge in [-0.05, 0) is 24.6 Å². The van der Waals surface area contributed by atoms with Crippen LogP contribution in [-0.4, -0.2) is 17.4 Å². The first-order valence-electron chi connectivity index (χ1n) is 5.16. The number of amides is 1. The maximum absolute atomic E-state index is 10.6. The second-order valence-corrected chi connectivity index (χ2v) is 3.64. The first kappa shape index (κ1) is 12.9. The molecular formula is C12H14N2O3. The molecule has 0 saturated carbocycles. The second-order valence-electron chi connectivity index (χ2n) is 3.64. The fraction of sp³-hybridized carbons (Fsp3) is 0.250. The molecule has 0 saturated heterocycles. The average molecular weight is 234 g/mol. The van der Waals surface area contributed by atoms with Gasteiger partial charge in [-0.2, -0.15) is 0 Å². The number of carbonyl (C=O) groups excluding carboxylic acids is 1. The number of carbonyl (C=O) groups is 1. The topological polar surface area (TPSA) is 72.2 Å². The minimum atomic E-state index is -0.403. The van der Waals surface area contributed by atoms with Crippen molar-refractivity contribution in [3.8, 4) is 0 Å². The van der Waals surface area contributed by atoms with E-state index in [0.29, 0.717) is 12.1 Å². The fourth-order valence-corrected chi connectivity index (χ4v) is 1.38. The van der Waals surface area contributed by atoms with Crippen LogP contribution in [0.5, 0.6) is 0 Å². The molecule has 1 rings (SSSR count). The largest absolute Gasteiger partial charge is 0.353 e. The summed E-state index contributed by atoms with van der Waals surface area (Å²) in [5.41, 5.74) is 1.61. The Kier molecular flexibility index (Phi) is 4.39. The van der Waals surface area contributed by atoms with Crippen molar-refractivity contribution in [3.05, 3.63) is 45.5 Å². The van der Waals surface area contributed by atoms with Crippen molar-refractivity contribution in [2.45, 2.75) is 13.8 Å². The number of aryl methyl sites for hydroxylation is 1. The molecule has 0 aliphatic carbocycles. The number of nitrogens with zero attached hydrogens (tertiary/aromatic N) is 1. The number of benzene rings is 1. The maximum atomic E-state index is 10.6. The third-order valence-corrected chi connectivity index (χ3v) is 2.20. The van der Waals surface area contributed by atoms with Crippen LogP contribution in [0.25, 0.3) is 6.08 Å². The van der Waals surface area contributed by atoms with E-state index >= 15 is 0 Å². The number of hydrogen-bond acceptors (Lipinski definition) is 3. The number of rotatable bonds is 4. The Morgan fingerprint density at radius 2 is 2.24 bits per heavy atom. The van der Waals surface area contributed by atoms with Crippen LogP contribution in [0.2, 0.25) is 0 Å². The molecule has 0 aliphatic rings. The smallest absolute Gasteiger partial charge is 0.272 e. The minimum Gasteiger partial charge on any atom is -0.353 e. The standard InChI is InChI=1S/C12H14N2O3/c1-9-8-11(4-3-7-13-10(2)15)5-6-12(9)14(16)17/h3-6,8H,7H2,1-2H3,(H,13,15). The van der Waals surface area contributed by atoms with Crippen molar-refractivity contribution in [2.75, 3.05) is 6.54 Å². The third-order valence-electron chi connectivity index (χ3n) is 2.20. The van der Waals surface area contributed by atoms with Gasteiger partial charge in [-0.15, -0.1) is 0 Å². The molecule has 0 heterocycles. The van der Waals surface area contributed by atoms with Crippen molar-refractivity contribution in [2.24, 2.45) is 0 Å². The highest BCUT2D eigenvalue weighted by atomic mass is 16.6. The van der Waals surface area contributed by atoms with Gasteiger partial charge < -0.3 is 5.32 Å². The number of hydrogen-bond donors (Lipinski definition) is 1. The Labute approximate surface area is 99.3 Å². The lowest BCUT2D eigenvalue weighted by atomic mass is 10.1. The molecule has 0 radical (unpaired) electrons. The summed E-state index contributed by atoms with van der Waals surface area (Å²) in [6.07, 6.45) is 3.61. The van der Waals surface area contributed by atoms with Gasteiger partial charge in [0, 0.05) is 25.1 Å². The number of nitro benzene ring substituents is 1. The Bertz CT molecular complexity index is 467. The van der Waals surface area contributed by atoms with E-state index in [1.807, 2.05) is 6.08 Å². The highest BCUT2D eigenvalue weighted by Gasteiger charge is 2.08. The summed E-state index contributed by atoms with van der Waals surface area (Å²) in [6, 6.07) is 4.89. The molecule has 0 unspecified atom stereocenters. The van der Waals surface area contributed by atoms with Gasteiger partial charge in [0.15, 0.2) is 0 Å². The molecule has 1 amide bonds. The van der Waals surface area contributed by atoms with E-state index in [-0.39, 0.29) is 11.6 Å². The summed E-state index contributed by atoms with van der Waals surface area (Å²) in [5, 5.41) is 13.2. The second kappa shape index (κ2) is 5.79. The first-order chi connectivity index (χ1) is 8.00. The highest BCUT2D eigenvalue weighted by molar-refractivity contribution is 5.73. The van der Waals surface area contributed by atoms with Crippen LogP contribution in [0.4, 0.5) is 5.69 Å². The molecule has 0 bridgehead atoms. The molecule has 5 nitrogen and oxygen atoms in total. The van der Waals surface area contributed by atoms with E-state index in [9.17, 15) is 14.9 Å². The summed E-state index contributed by atoms with van der Waals surface area (Å²) >= 11 is 0. The SMILES string of the molecule is CC(=O)NCC=Cc1ccc([N+](=O)[O-])c(C)c1. The van der Waals surface area contributed by atoms with E-state index in [1.165, 1.54) is 13.0 Å². The Balaban J connectivity index is 2.70. The fourth-order valence-electron chi connectivity index (χ4n) is 1.38. The van der Waals surface area contributed by atoms with Gasteiger partial charge in [-0.3, -0.25) is 14.9 Å². The quantitative estimate of drug-likeness (QED) is 0.640. The lowest BCUT2D eigenvalue weighted by Crippen LogP contribution is -2.19. The van der Waals surface area contributed by atoms with Crippen molar-refractivity contribution in [1.29, 1.82) is 0 Å². The van der Waals surface area contributed by atoms with E-state index in [4.69, 9.17) is 0 Å². The van der Waals surface area contributed by atoms with Crippen LogP contribution in [0.3, 0.4) is 0 Å². The highest BCUT2D eigenvalue weighted by Crippen LogP contribution is 2.19. The van der Waals surface area contributed by atoms with Crippen LogP contribution in [0, 0.1) is 17.0 Å². The van der Waals surface area contributed by atoms with E-state index < -0.39 is 4.92 Å². The zero-order valence-electron chi connectivity index (χ0n) is 9.77. The van der Waals surface area contributed by atoms with E-state index in [0.717, 1.165) is 5.56 Å². The van der Waals surface area contributed by atoms with Gasteiger partial charge >= 0.3 is 0 Å². The monoisotopic (exact) mass is 234 g/mol. The molecule has 0 atom stereocenters. The lowest BCUT2D eigenvalue weighted by molar-refractivity contribution is -0.385. The van der Waals surface area contributed by atoms with Gasteiger partial charge in [-0.25, -0.2) is 0 Å². The normalized spacial score (nSPS) is 10.5. The molecule has 1 aromatic carbocycles. The zero-order chi connectivity index (χ0) is 12.8. The molecule has 0 aromatic heterocycles. The third kappa shape index (κ3) is 4.06. The Morgan fingerprint density at radius 1 is 1.53 bits per heavy atom. The van der Waals surface area contributed by atoms with Gasteiger partial charge in [-0.1, -0.05) is 12.2 Å². The first-order valence-corrected chi connectivity index (χ1v) is 5.16. The summed E-state index contributed by atoms with van der Waals surface area (Å²) in [5.74, 6) is -0.0884. The molecular weight excluding hydrogens is 220 g/mol. The molecule has 17 heavy (non-hydrogen) atoms. The van der Waals surface area contributed by atoms with Crippen molar-refractivity contribution >= 4 is 17.7 Å². The molecule has 0 fully saturated rings. The number of nitrogens with one attached hydrogen (secondary N) is 1. The Morgan fingerprint density at radius 3 is 2.76 bits per heavy atom. The molecule has 0 aliphatic heterocycles. The minimum absolute atomic E-state index is 0.0884. The van der Waals surface area contributed by atoms with Crippen LogP contribution in [0.1, 0.15) is 18.1 Å². The van der Waals surface area contributed by atoms with Crippen molar-refractivity contribution in [3.63, 3.8) is 0 Å². The van der Waals surface area contributed by atoms with Crippen molar-refractivity contribution < 1.29 is 9.72 Å². The van der Waals surface area contributed by atoms with Crippen LogP contribution < -0.4 is 5.32 Å². The summed E-state index contributed by atoms with van der Waals surface area (Å²) in [7, 11) is 0.